The first-order chi connectivity index (χ1) is 13.0. The Hall–Kier alpha value is -3.16. The van der Waals surface area contributed by atoms with Gasteiger partial charge in [0.25, 0.3) is 5.89 Å². The molecule has 0 aliphatic carbocycles. The van der Waals surface area contributed by atoms with E-state index < -0.39 is 6.61 Å². The Bertz CT molecular complexity index is 928. The molecule has 0 amide bonds. The molecule has 0 aliphatic rings. The largest absolute Gasteiger partial charge is 0.493 e. The Morgan fingerprint density at radius 3 is 2.52 bits per heavy atom. The number of hydrogen-bond acceptors (Lipinski definition) is 6. The van der Waals surface area contributed by atoms with Gasteiger partial charge in [0.05, 0.1) is 7.11 Å². The van der Waals surface area contributed by atoms with E-state index in [2.05, 4.69) is 14.9 Å². The number of rotatable bonds is 7. The smallest absolute Gasteiger partial charge is 0.387 e. The van der Waals surface area contributed by atoms with Gasteiger partial charge in [-0.15, -0.1) is 0 Å². The number of halogens is 2. The maximum atomic E-state index is 12.4. The van der Waals surface area contributed by atoms with Crippen LogP contribution in [0, 0.1) is 13.8 Å². The van der Waals surface area contributed by atoms with Crippen LogP contribution in [0.5, 0.6) is 17.2 Å². The second kappa shape index (κ2) is 8.03. The predicted molar refractivity (Wildman–Crippen MR) is 93.2 cm³/mol. The molecule has 0 atom stereocenters. The van der Waals surface area contributed by atoms with Gasteiger partial charge in [0, 0.05) is 5.56 Å². The molecule has 0 fully saturated rings. The van der Waals surface area contributed by atoms with Crippen molar-refractivity contribution in [1.82, 2.24) is 10.1 Å². The highest BCUT2D eigenvalue weighted by atomic mass is 19.3. The van der Waals surface area contributed by atoms with Crippen LogP contribution >= 0.6 is 0 Å². The van der Waals surface area contributed by atoms with Crippen LogP contribution in [0.1, 0.15) is 17.0 Å². The Morgan fingerprint density at radius 2 is 1.81 bits per heavy atom. The van der Waals surface area contributed by atoms with Gasteiger partial charge < -0.3 is 18.7 Å². The summed E-state index contributed by atoms with van der Waals surface area (Å²) in [4.78, 5) is 4.26. The van der Waals surface area contributed by atoms with Crippen molar-refractivity contribution >= 4 is 0 Å². The molecule has 3 aromatic rings. The van der Waals surface area contributed by atoms with E-state index in [9.17, 15) is 8.78 Å². The van der Waals surface area contributed by atoms with E-state index in [0.717, 1.165) is 16.9 Å². The van der Waals surface area contributed by atoms with Gasteiger partial charge in [-0.05, 0) is 43.7 Å². The van der Waals surface area contributed by atoms with Gasteiger partial charge in [0.2, 0.25) is 5.82 Å². The van der Waals surface area contributed by atoms with Gasteiger partial charge in [0.15, 0.2) is 18.1 Å². The first-order valence-corrected chi connectivity index (χ1v) is 8.12. The molecule has 0 bridgehead atoms. The molecule has 1 heterocycles. The van der Waals surface area contributed by atoms with E-state index in [1.807, 2.05) is 32.0 Å². The van der Waals surface area contributed by atoms with Crippen molar-refractivity contribution in [2.24, 2.45) is 0 Å². The van der Waals surface area contributed by atoms with E-state index in [0.29, 0.717) is 5.56 Å². The summed E-state index contributed by atoms with van der Waals surface area (Å²) in [5, 5.41) is 3.89. The SMILES string of the molecule is COc1cc(-c2noc(COc3ccc(C)cc3C)n2)ccc1OC(F)F. The van der Waals surface area contributed by atoms with Crippen molar-refractivity contribution in [1.29, 1.82) is 0 Å². The number of methoxy groups -OCH3 is 1. The van der Waals surface area contributed by atoms with Crippen LogP contribution in [0.4, 0.5) is 8.78 Å². The molecular formula is C19H18F2N2O4. The van der Waals surface area contributed by atoms with Crippen molar-refractivity contribution in [3.05, 3.63) is 53.4 Å². The second-order valence-corrected chi connectivity index (χ2v) is 5.81. The summed E-state index contributed by atoms with van der Waals surface area (Å²) >= 11 is 0. The molecule has 0 saturated heterocycles. The fourth-order valence-electron chi connectivity index (χ4n) is 2.53. The lowest BCUT2D eigenvalue weighted by molar-refractivity contribution is -0.0512. The minimum Gasteiger partial charge on any atom is -0.493 e. The second-order valence-electron chi connectivity index (χ2n) is 5.81. The van der Waals surface area contributed by atoms with E-state index in [-0.39, 0.29) is 29.8 Å². The number of ether oxygens (including phenoxy) is 3. The fraction of sp³-hybridized carbons (Fsp3) is 0.263. The van der Waals surface area contributed by atoms with Crippen LogP contribution in [0.2, 0.25) is 0 Å². The molecule has 0 unspecified atom stereocenters. The van der Waals surface area contributed by atoms with Crippen molar-refractivity contribution in [3.63, 3.8) is 0 Å². The minimum atomic E-state index is -2.94. The number of nitrogens with zero attached hydrogens (tertiary/aromatic N) is 2. The molecule has 0 radical (unpaired) electrons. The van der Waals surface area contributed by atoms with Gasteiger partial charge >= 0.3 is 6.61 Å². The summed E-state index contributed by atoms with van der Waals surface area (Å²) < 4.78 is 45.2. The lowest BCUT2D eigenvalue weighted by atomic mass is 10.1. The average Bonchev–Trinajstić information content (AvgIpc) is 3.10. The van der Waals surface area contributed by atoms with Gasteiger partial charge in [-0.25, -0.2) is 0 Å². The normalized spacial score (nSPS) is 10.9. The number of benzene rings is 2. The molecule has 0 spiro atoms. The van der Waals surface area contributed by atoms with Crippen LogP contribution in [-0.4, -0.2) is 23.9 Å². The third kappa shape index (κ3) is 4.52. The topological polar surface area (TPSA) is 66.6 Å². The molecule has 3 rings (SSSR count). The Kier molecular flexibility index (Phi) is 5.54. The van der Waals surface area contributed by atoms with Gasteiger partial charge in [-0.3, -0.25) is 0 Å². The monoisotopic (exact) mass is 376 g/mol. The number of aryl methyl sites for hydroxylation is 2. The lowest BCUT2D eigenvalue weighted by Crippen LogP contribution is -2.03. The first kappa shape index (κ1) is 18.6. The van der Waals surface area contributed by atoms with Crippen LogP contribution in [0.3, 0.4) is 0 Å². The van der Waals surface area contributed by atoms with E-state index >= 15 is 0 Å². The van der Waals surface area contributed by atoms with Crippen molar-refractivity contribution < 1.29 is 27.5 Å². The number of hydrogen-bond donors (Lipinski definition) is 0. The zero-order valence-electron chi connectivity index (χ0n) is 15.0. The quantitative estimate of drug-likeness (QED) is 0.603. The molecule has 1 aromatic heterocycles. The minimum absolute atomic E-state index is 0.0712. The van der Waals surface area contributed by atoms with Gasteiger partial charge in [-0.1, -0.05) is 22.9 Å². The van der Waals surface area contributed by atoms with Crippen molar-refractivity contribution in [3.8, 4) is 28.6 Å². The number of aromatic nitrogens is 2. The Labute approximate surface area is 154 Å². The average molecular weight is 376 g/mol. The lowest BCUT2D eigenvalue weighted by Gasteiger charge is -2.10. The molecule has 0 saturated carbocycles. The summed E-state index contributed by atoms with van der Waals surface area (Å²) in [6.45, 7) is 1.13. The molecule has 27 heavy (non-hydrogen) atoms. The standard InChI is InChI=1S/C19H18F2N2O4/c1-11-4-6-14(12(2)8-11)25-10-17-22-18(23-27-17)13-5-7-15(26-19(20)21)16(9-13)24-3/h4-9,19H,10H2,1-3H3. The Balaban J connectivity index is 1.73. The number of alkyl halides is 2. The first-order valence-electron chi connectivity index (χ1n) is 8.12. The summed E-state index contributed by atoms with van der Waals surface area (Å²) in [5.74, 6) is 1.38. The maximum Gasteiger partial charge on any atom is 0.387 e. The molecule has 142 valence electrons. The van der Waals surface area contributed by atoms with Crippen LogP contribution in [-0.2, 0) is 6.61 Å². The van der Waals surface area contributed by atoms with E-state index in [1.165, 1.54) is 19.2 Å². The zero-order chi connectivity index (χ0) is 19.4. The molecular weight excluding hydrogens is 358 g/mol. The van der Waals surface area contributed by atoms with Gasteiger partial charge in [0.1, 0.15) is 5.75 Å². The van der Waals surface area contributed by atoms with Crippen LogP contribution in [0.15, 0.2) is 40.9 Å². The fourth-order valence-corrected chi connectivity index (χ4v) is 2.53. The Morgan fingerprint density at radius 1 is 1.04 bits per heavy atom. The van der Waals surface area contributed by atoms with Crippen LogP contribution < -0.4 is 14.2 Å². The van der Waals surface area contributed by atoms with Gasteiger partial charge in [-0.2, -0.15) is 13.8 Å². The highest BCUT2D eigenvalue weighted by Gasteiger charge is 2.15. The van der Waals surface area contributed by atoms with E-state index in [4.69, 9.17) is 14.0 Å². The summed E-state index contributed by atoms with van der Waals surface area (Å²) in [7, 11) is 1.36. The summed E-state index contributed by atoms with van der Waals surface area (Å²) in [6, 6.07) is 10.3. The summed E-state index contributed by atoms with van der Waals surface area (Å²) in [5.41, 5.74) is 2.69. The molecule has 8 heteroatoms. The van der Waals surface area contributed by atoms with E-state index in [1.54, 1.807) is 6.07 Å². The van der Waals surface area contributed by atoms with Crippen LogP contribution in [0.25, 0.3) is 11.4 Å². The molecule has 2 aromatic carbocycles. The summed E-state index contributed by atoms with van der Waals surface area (Å²) in [6.07, 6.45) is 0. The molecule has 0 aliphatic heterocycles. The predicted octanol–water partition coefficient (Wildman–Crippen LogP) is 4.54. The third-order valence-electron chi connectivity index (χ3n) is 3.79. The highest BCUT2D eigenvalue weighted by molar-refractivity contribution is 5.60. The van der Waals surface area contributed by atoms with Crippen molar-refractivity contribution in [2.45, 2.75) is 27.1 Å². The van der Waals surface area contributed by atoms with Crippen molar-refractivity contribution in [2.75, 3.05) is 7.11 Å². The molecule has 0 N–H and O–H groups in total. The zero-order valence-corrected chi connectivity index (χ0v) is 15.0. The maximum absolute atomic E-state index is 12.4. The highest BCUT2D eigenvalue weighted by Crippen LogP contribution is 2.32. The molecule has 6 nitrogen and oxygen atoms in total. The third-order valence-corrected chi connectivity index (χ3v) is 3.79.